The van der Waals surface area contributed by atoms with E-state index in [1.165, 1.54) is 32.2 Å². The molecule has 0 aromatic carbocycles. The minimum absolute atomic E-state index is 0.840. The van der Waals surface area contributed by atoms with Crippen molar-refractivity contribution in [3.05, 3.63) is 18.1 Å². The van der Waals surface area contributed by atoms with Crippen LogP contribution in [0.3, 0.4) is 0 Å². The second kappa shape index (κ2) is 5.87. The second-order valence-electron chi connectivity index (χ2n) is 5.83. The highest BCUT2D eigenvalue weighted by Crippen LogP contribution is 2.24. The van der Waals surface area contributed by atoms with E-state index >= 15 is 0 Å². The Morgan fingerprint density at radius 3 is 2.68 bits per heavy atom. The van der Waals surface area contributed by atoms with Gasteiger partial charge < -0.3 is 10.2 Å². The first-order chi connectivity index (χ1) is 9.35. The maximum Gasteiger partial charge on any atom is 0.132 e. The third kappa shape index (κ3) is 3.44. The van der Waals surface area contributed by atoms with Crippen molar-refractivity contribution in [3.8, 4) is 0 Å². The van der Waals surface area contributed by atoms with Crippen LogP contribution >= 0.6 is 0 Å². The van der Waals surface area contributed by atoms with Crippen molar-refractivity contribution in [2.75, 3.05) is 24.5 Å². The Morgan fingerprint density at radius 2 is 2.00 bits per heavy atom. The van der Waals surface area contributed by atoms with Crippen molar-refractivity contribution in [2.45, 2.75) is 45.1 Å². The zero-order valence-corrected chi connectivity index (χ0v) is 11.8. The van der Waals surface area contributed by atoms with Gasteiger partial charge in [0.1, 0.15) is 12.1 Å². The van der Waals surface area contributed by atoms with Gasteiger partial charge in [-0.1, -0.05) is 6.92 Å². The molecule has 0 amide bonds. The Hall–Kier alpha value is -1.16. The number of nitrogens with one attached hydrogen (secondary N) is 1. The number of piperidine rings is 1. The fourth-order valence-corrected chi connectivity index (χ4v) is 2.74. The molecule has 3 rings (SSSR count). The molecule has 2 fully saturated rings. The summed E-state index contributed by atoms with van der Waals surface area (Å²) in [5, 5.41) is 3.66. The van der Waals surface area contributed by atoms with Crippen LogP contribution in [-0.4, -0.2) is 35.6 Å². The molecule has 1 saturated carbocycles. The first-order valence-corrected chi connectivity index (χ1v) is 7.64. The van der Waals surface area contributed by atoms with E-state index in [-0.39, 0.29) is 0 Å². The molecule has 1 aromatic heterocycles. The van der Waals surface area contributed by atoms with Crippen LogP contribution in [0.5, 0.6) is 0 Å². The molecule has 1 aliphatic carbocycles. The largest absolute Gasteiger partial charge is 0.356 e. The van der Waals surface area contributed by atoms with Crippen LogP contribution in [0.15, 0.2) is 12.4 Å². The van der Waals surface area contributed by atoms with Gasteiger partial charge in [-0.05, 0) is 44.6 Å². The lowest BCUT2D eigenvalue weighted by atomic mass is 9.96. The lowest BCUT2D eigenvalue weighted by molar-refractivity contribution is 0.381. The minimum Gasteiger partial charge on any atom is -0.356 e. The normalized spacial score (nSPS) is 20.8. The number of anilines is 1. The van der Waals surface area contributed by atoms with E-state index in [1.54, 1.807) is 6.33 Å². The SMILES string of the molecule is CCc1cc(N2CCC(CNC3CC3)CC2)ncn1. The summed E-state index contributed by atoms with van der Waals surface area (Å²) in [4.78, 5) is 11.1. The molecule has 0 bridgehead atoms. The first kappa shape index (κ1) is 12.9. The van der Waals surface area contributed by atoms with Crippen LogP contribution in [0.4, 0.5) is 5.82 Å². The first-order valence-electron chi connectivity index (χ1n) is 7.64. The number of aromatic nitrogens is 2. The average molecular weight is 260 g/mol. The Labute approximate surface area is 115 Å². The Morgan fingerprint density at radius 1 is 1.21 bits per heavy atom. The molecule has 1 aliphatic heterocycles. The second-order valence-corrected chi connectivity index (χ2v) is 5.83. The lowest BCUT2D eigenvalue weighted by Gasteiger charge is -2.33. The third-order valence-electron chi connectivity index (χ3n) is 4.28. The molecule has 2 aliphatic rings. The van der Waals surface area contributed by atoms with E-state index in [9.17, 15) is 0 Å². The topological polar surface area (TPSA) is 41.0 Å². The smallest absolute Gasteiger partial charge is 0.132 e. The number of hydrogen-bond acceptors (Lipinski definition) is 4. The molecule has 104 valence electrons. The van der Waals surface area contributed by atoms with Crippen molar-refractivity contribution in [2.24, 2.45) is 5.92 Å². The number of aryl methyl sites for hydroxylation is 1. The summed E-state index contributed by atoms with van der Waals surface area (Å²) < 4.78 is 0. The van der Waals surface area contributed by atoms with E-state index < -0.39 is 0 Å². The monoisotopic (exact) mass is 260 g/mol. The van der Waals surface area contributed by atoms with Crippen LogP contribution in [0.2, 0.25) is 0 Å². The number of hydrogen-bond donors (Lipinski definition) is 1. The molecule has 1 aromatic rings. The maximum atomic E-state index is 4.42. The molecule has 4 heteroatoms. The Balaban J connectivity index is 1.50. The van der Waals surface area contributed by atoms with Crippen molar-refractivity contribution < 1.29 is 0 Å². The predicted octanol–water partition coefficient (Wildman–Crippen LogP) is 2.01. The summed E-state index contributed by atoms with van der Waals surface area (Å²) >= 11 is 0. The lowest BCUT2D eigenvalue weighted by Crippen LogP contribution is -2.38. The highest BCUT2D eigenvalue weighted by molar-refractivity contribution is 5.39. The maximum absolute atomic E-state index is 4.42. The van der Waals surface area contributed by atoms with Gasteiger partial charge in [0.15, 0.2) is 0 Å². The van der Waals surface area contributed by atoms with E-state index in [1.807, 2.05) is 0 Å². The standard InChI is InChI=1S/C15H24N4/c1-2-13-9-15(18-11-17-13)19-7-5-12(6-8-19)10-16-14-3-4-14/h9,11-12,14,16H,2-8,10H2,1H3. The molecule has 0 spiro atoms. The fourth-order valence-electron chi connectivity index (χ4n) is 2.74. The van der Waals surface area contributed by atoms with Gasteiger partial charge in [-0.25, -0.2) is 9.97 Å². The molecule has 0 atom stereocenters. The van der Waals surface area contributed by atoms with Gasteiger partial charge in [-0.15, -0.1) is 0 Å². The van der Waals surface area contributed by atoms with Gasteiger partial charge >= 0.3 is 0 Å². The van der Waals surface area contributed by atoms with Crippen LogP contribution < -0.4 is 10.2 Å². The molecular weight excluding hydrogens is 236 g/mol. The predicted molar refractivity (Wildman–Crippen MR) is 77.4 cm³/mol. The summed E-state index contributed by atoms with van der Waals surface area (Å²) in [5.74, 6) is 1.96. The average Bonchev–Trinajstić information content (AvgIpc) is 3.30. The van der Waals surface area contributed by atoms with Gasteiger partial charge in [0.05, 0.1) is 0 Å². The zero-order valence-electron chi connectivity index (χ0n) is 11.8. The van der Waals surface area contributed by atoms with Gasteiger partial charge in [-0.3, -0.25) is 0 Å². The molecule has 2 heterocycles. The number of rotatable bonds is 5. The highest BCUT2D eigenvalue weighted by Gasteiger charge is 2.24. The van der Waals surface area contributed by atoms with Crippen molar-refractivity contribution in [1.82, 2.24) is 15.3 Å². The van der Waals surface area contributed by atoms with Gasteiger partial charge in [0.2, 0.25) is 0 Å². The summed E-state index contributed by atoms with van der Waals surface area (Å²) in [6.45, 7) is 5.62. The van der Waals surface area contributed by atoms with E-state index in [4.69, 9.17) is 0 Å². The Kier molecular flexibility index (Phi) is 3.97. The molecule has 4 nitrogen and oxygen atoms in total. The van der Waals surface area contributed by atoms with Crippen LogP contribution in [0.1, 0.15) is 38.3 Å². The van der Waals surface area contributed by atoms with Crippen LogP contribution in [0, 0.1) is 5.92 Å². The van der Waals surface area contributed by atoms with Gasteiger partial charge in [-0.2, -0.15) is 0 Å². The zero-order chi connectivity index (χ0) is 13.1. The molecular formula is C15H24N4. The quantitative estimate of drug-likeness (QED) is 0.879. The third-order valence-corrected chi connectivity index (χ3v) is 4.28. The van der Waals surface area contributed by atoms with Crippen LogP contribution in [-0.2, 0) is 6.42 Å². The van der Waals surface area contributed by atoms with Gasteiger partial charge in [0, 0.05) is 30.9 Å². The summed E-state index contributed by atoms with van der Waals surface area (Å²) in [5.41, 5.74) is 1.14. The summed E-state index contributed by atoms with van der Waals surface area (Å²) in [6, 6.07) is 2.98. The molecule has 1 N–H and O–H groups in total. The van der Waals surface area contributed by atoms with Crippen molar-refractivity contribution in [3.63, 3.8) is 0 Å². The Bertz CT molecular complexity index is 408. The van der Waals surface area contributed by atoms with Crippen LogP contribution in [0.25, 0.3) is 0 Å². The fraction of sp³-hybridized carbons (Fsp3) is 0.733. The van der Waals surface area contributed by atoms with E-state index in [0.29, 0.717) is 0 Å². The molecule has 1 saturated heterocycles. The highest BCUT2D eigenvalue weighted by atomic mass is 15.2. The van der Waals surface area contributed by atoms with E-state index in [0.717, 1.165) is 43.0 Å². The van der Waals surface area contributed by atoms with Gasteiger partial charge in [0.25, 0.3) is 0 Å². The molecule has 19 heavy (non-hydrogen) atoms. The summed E-state index contributed by atoms with van der Waals surface area (Å²) in [7, 11) is 0. The molecule has 0 unspecified atom stereocenters. The van der Waals surface area contributed by atoms with Crippen molar-refractivity contribution in [1.29, 1.82) is 0 Å². The van der Waals surface area contributed by atoms with E-state index in [2.05, 4.69) is 33.2 Å². The summed E-state index contributed by atoms with van der Waals surface area (Å²) in [6.07, 6.45) is 8.03. The minimum atomic E-state index is 0.840. The van der Waals surface area contributed by atoms with Crippen molar-refractivity contribution >= 4 is 5.82 Å². The number of nitrogens with zero attached hydrogens (tertiary/aromatic N) is 3. The molecule has 0 radical (unpaired) electrons.